The van der Waals surface area contributed by atoms with Crippen LogP contribution in [0.15, 0.2) is 55.0 Å². The number of fused-ring (bicyclic) bond motifs is 1. The fraction of sp³-hybridized carbons (Fsp3) is 0.292. The second-order valence-corrected chi connectivity index (χ2v) is 7.62. The van der Waals surface area contributed by atoms with Gasteiger partial charge in [-0.2, -0.15) is 5.10 Å². The fourth-order valence-corrected chi connectivity index (χ4v) is 4.20. The van der Waals surface area contributed by atoms with Crippen LogP contribution in [0.4, 0.5) is 0 Å². The molecule has 1 unspecified atom stereocenters. The summed E-state index contributed by atoms with van der Waals surface area (Å²) in [5.74, 6) is 0.813. The number of nitrogens with zero attached hydrogens (tertiary/aromatic N) is 4. The molecule has 1 fully saturated rings. The molecular weight excluding hydrogens is 376 g/mol. The van der Waals surface area contributed by atoms with E-state index in [1.807, 2.05) is 42.2 Å². The average molecular weight is 400 g/mol. The quantitative estimate of drug-likeness (QED) is 0.485. The second kappa shape index (κ2) is 7.88. The maximum Gasteiger partial charge on any atom is 0.126 e. The zero-order valence-corrected chi connectivity index (χ0v) is 17.2. The second-order valence-electron chi connectivity index (χ2n) is 7.62. The lowest BCUT2D eigenvalue weighted by molar-refractivity contribution is 0.0137. The van der Waals surface area contributed by atoms with E-state index in [0.29, 0.717) is 0 Å². The van der Waals surface area contributed by atoms with Crippen molar-refractivity contribution < 1.29 is 9.47 Å². The van der Waals surface area contributed by atoms with Crippen molar-refractivity contribution in [3.05, 3.63) is 60.6 Å². The summed E-state index contributed by atoms with van der Waals surface area (Å²) in [5, 5.41) is 5.70. The number of methoxy groups -OCH3 is 1. The van der Waals surface area contributed by atoms with Gasteiger partial charge in [-0.15, -0.1) is 0 Å². The Morgan fingerprint density at radius 1 is 1.07 bits per heavy atom. The van der Waals surface area contributed by atoms with Gasteiger partial charge in [0.05, 0.1) is 24.4 Å². The van der Waals surface area contributed by atoms with Crippen molar-refractivity contribution in [3.8, 4) is 28.3 Å². The number of aryl methyl sites for hydroxylation is 1. The first-order valence-corrected chi connectivity index (χ1v) is 10.3. The molecule has 0 N–H and O–H groups in total. The van der Waals surface area contributed by atoms with Gasteiger partial charge in [0.2, 0.25) is 0 Å². The van der Waals surface area contributed by atoms with E-state index in [-0.39, 0.29) is 6.10 Å². The zero-order chi connectivity index (χ0) is 20.5. The van der Waals surface area contributed by atoms with Gasteiger partial charge in [-0.1, -0.05) is 30.3 Å². The van der Waals surface area contributed by atoms with Gasteiger partial charge in [0.25, 0.3) is 0 Å². The Bertz CT molecular complexity index is 1180. The summed E-state index contributed by atoms with van der Waals surface area (Å²) in [5.41, 5.74) is 5.72. The molecular formula is C24H24N4O2. The molecule has 2 aromatic heterocycles. The number of aromatic nitrogens is 4. The Morgan fingerprint density at radius 3 is 2.70 bits per heavy atom. The Kier molecular flexibility index (Phi) is 4.93. The van der Waals surface area contributed by atoms with Crippen LogP contribution in [0.1, 0.15) is 30.9 Å². The molecule has 0 aliphatic carbocycles. The van der Waals surface area contributed by atoms with E-state index < -0.39 is 0 Å². The van der Waals surface area contributed by atoms with Gasteiger partial charge in [-0.25, -0.2) is 9.97 Å². The first kappa shape index (κ1) is 18.8. The molecule has 5 rings (SSSR count). The average Bonchev–Trinajstić information content (AvgIpc) is 3.20. The molecule has 0 amide bonds. The van der Waals surface area contributed by atoms with Gasteiger partial charge in [0, 0.05) is 48.0 Å². The maximum atomic E-state index is 6.06. The molecule has 0 radical (unpaired) electrons. The smallest absolute Gasteiger partial charge is 0.126 e. The largest absolute Gasteiger partial charge is 0.496 e. The van der Waals surface area contributed by atoms with E-state index in [1.54, 1.807) is 13.4 Å². The zero-order valence-electron chi connectivity index (χ0n) is 17.2. The molecule has 1 aliphatic rings. The predicted molar refractivity (Wildman–Crippen MR) is 116 cm³/mol. The lowest BCUT2D eigenvalue weighted by atomic mass is 9.96. The summed E-state index contributed by atoms with van der Waals surface area (Å²) < 4.78 is 13.6. The highest BCUT2D eigenvalue weighted by Crippen LogP contribution is 2.39. The molecule has 0 spiro atoms. The lowest BCUT2D eigenvalue weighted by Gasteiger charge is -2.25. The van der Waals surface area contributed by atoms with Crippen LogP contribution >= 0.6 is 0 Å². The molecule has 0 bridgehead atoms. The van der Waals surface area contributed by atoms with E-state index in [9.17, 15) is 0 Å². The van der Waals surface area contributed by atoms with Crippen LogP contribution in [-0.4, -0.2) is 33.5 Å². The van der Waals surface area contributed by atoms with Crippen molar-refractivity contribution in [2.45, 2.75) is 25.4 Å². The highest BCUT2D eigenvalue weighted by molar-refractivity contribution is 5.96. The van der Waals surface area contributed by atoms with E-state index in [4.69, 9.17) is 14.6 Å². The highest BCUT2D eigenvalue weighted by atomic mass is 16.5. The summed E-state index contributed by atoms with van der Waals surface area (Å²) in [6.45, 7) is 0.783. The molecule has 152 valence electrons. The fourth-order valence-electron chi connectivity index (χ4n) is 4.20. The molecule has 30 heavy (non-hydrogen) atoms. The monoisotopic (exact) mass is 400 g/mol. The van der Waals surface area contributed by atoms with Crippen LogP contribution in [-0.2, 0) is 11.8 Å². The van der Waals surface area contributed by atoms with Crippen molar-refractivity contribution in [2.75, 3.05) is 13.7 Å². The minimum atomic E-state index is 0.0358. The van der Waals surface area contributed by atoms with Gasteiger partial charge in [0.15, 0.2) is 0 Å². The van der Waals surface area contributed by atoms with Gasteiger partial charge >= 0.3 is 0 Å². The Hall–Kier alpha value is -3.25. The van der Waals surface area contributed by atoms with E-state index in [0.717, 1.165) is 70.6 Å². The van der Waals surface area contributed by atoms with Gasteiger partial charge in [-0.05, 0) is 25.3 Å². The van der Waals surface area contributed by atoms with Crippen LogP contribution in [0.3, 0.4) is 0 Å². The van der Waals surface area contributed by atoms with Crippen molar-refractivity contribution >= 4 is 10.9 Å². The minimum absolute atomic E-state index is 0.0358. The van der Waals surface area contributed by atoms with E-state index >= 15 is 0 Å². The number of ether oxygens (including phenoxy) is 2. The van der Waals surface area contributed by atoms with Crippen LogP contribution < -0.4 is 4.74 Å². The first-order chi connectivity index (χ1) is 14.7. The molecule has 0 saturated carbocycles. The van der Waals surface area contributed by atoms with Gasteiger partial charge in [0.1, 0.15) is 17.8 Å². The third-order valence-corrected chi connectivity index (χ3v) is 5.64. The molecule has 2 aromatic carbocycles. The molecule has 1 saturated heterocycles. The van der Waals surface area contributed by atoms with Crippen LogP contribution in [0.5, 0.6) is 5.75 Å². The summed E-state index contributed by atoms with van der Waals surface area (Å²) >= 11 is 0. The SMILES string of the molecule is COc1cc2ncnc(-c3cn(C)nc3-c3ccccc3)c2cc1C1CCCCO1. The van der Waals surface area contributed by atoms with Crippen LogP contribution in [0.25, 0.3) is 33.4 Å². The van der Waals surface area contributed by atoms with Crippen molar-refractivity contribution in [3.63, 3.8) is 0 Å². The van der Waals surface area contributed by atoms with Crippen LogP contribution in [0, 0.1) is 0 Å². The summed E-state index contributed by atoms with van der Waals surface area (Å²) in [6, 6.07) is 14.3. The Morgan fingerprint density at radius 2 is 1.93 bits per heavy atom. The topological polar surface area (TPSA) is 62.1 Å². The summed E-state index contributed by atoms with van der Waals surface area (Å²) in [6.07, 6.45) is 6.92. The Labute approximate surface area is 175 Å². The molecule has 6 heteroatoms. The van der Waals surface area contributed by atoms with E-state index in [2.05, 4.69) is 28.2 Å². The van der Waals surface area contributed by atoms with Gasteiger partial charge in [-0.3, -0.25) is 4.68 Å². The van der Waals surface area contributed by atoms with Gasteiger partial charge < -0.3 is 9.47 Å². The molecule has 1 aliphatic heterocycles. The Balaban J connectivity index is 1.71. The molecule has 1 atom stereocenters. The van der Waals surface area contributed by atoms with Crippen LogP contribution in [0.2, 0.25) is 0 Å². The molecule has 4 aromatic rings. The highest BCUT2D eigenvalue weighted by Gasteiger charge is 2.23. The normalized spacial score (nSPS) is 16.7. The minimum Gasteiger partial charge on any atom is -0.496 e. The lowest BCUT2D eigenvalue weighted by Crippen LogP contribution is -2.12. The number of rotatable bonds is 4. The van der Waals surface area contributed by atoms with Crippen molar-refractivity contribution in [1.29, 1.82) is 0 Å². The first-order valence-electron chi connectivity index (χ1n) is 10.3. The number of hydrogen-bond acceptors (Lipinski definition) is 5. The third-order valence-electron chi connectivity index (χ3n) is 5.64. The maximum absolute atomic E-state index is 6.06. The number of hydrogen-bond donors (Lipinski definition) is 0. The van der Waals surface area contributed by atoms with Crippen molar-refractivity contribution in [1.82, 2.24) is 19.7 Å². The summed E-state index contributed by atoms with van der Waals surface area (Å²) in [7, 11) is 3.63. The third kappa shape index (κ3) is 3.33. The van der Waals surface area contributed by atoms with Crippen molar-refractivity contribution in [2.24, 2.45) is 7.05 Å². The van der Waals surface area contributed by atoms with E-state index in [1.165, 1.54) is 0 Å². The summed E-state index contributed by atoms with van der Waals surface area (Å²) in [4.78, 5) is 9.18. The molecule has 6 nitrogen and oxygen atoms in total. The number of benzene rings is 2. The molecule has 3 heterocycles. The predicted octanol–water partition coefficient (Wildman–Crippen LogP) is 4.95. The standard InChI is InChI=1S/C24H24N4O2/c1-28-14-19(23(27-28)16-8-4-3-5-9-16)24-17-12-18(21-10-6-7-11-30-21)22(29-2)13-20(17)25-15-26-24/h3-5,8-9,12-15,21H,6-7,10-11H2,1-2H3.